The van der Waals surface area contributed by atoms with Crippen LogP contribution in [0.1, 0.15) is 23.8 Å². The number of pyridine rings is 2. The molecule has 2 amide bonds. The number of ether oxygens (including phenoxy) is 2. The summed E-state index contributed by atoms with van der Waals surface area (Å²) >= 11 is 6.04. The van der Waals surface area contributed by atoms with Gasteiger partial charge in [-0.3, -0.25) is 9.59 Å². The van der Waals surface area contributed by atoms with Gasteiger partial charge < -0.3 is 30.2 Å². The monoisotopic (exact) mass is 472 g/mol. The zero-order valence-electron chi connectivity index (χ0n) is 16.7. The minimum absolute atomic E-state index is 0.0275. The number of aromatic nitrogens is 2. The summed E-state index contributed by atoms with van der Waals surface area (Å²) in [5.74, 6) is -4.11. The molecule has 0 aliphatic heterocycles. The molecule has 2 heterocycles. The highest BCUT2D eigenvalue weighted by atomic mass is 35.5. The van der Waals surface area contributed by atoms with Crippen LogP contribution in [0.4, 0.5) is 19.3 Å². The Labute approximate surface area is 184 Å². The van der Waals surface area contributed by atoms with Gasteiger partial charge in [0, 0.05) is 24.8 Å². The average molecular weight is 473 g/mol. The quantitative estimate of drug-likeness (QED) is 0.439. The standard InChI is InChI=1S/C19H19ClF2N4O6/c1-9(25-18(29)30)7-32-15-3-14(27)13(6-23-15)26-17(28)16-12(20)2-11(5-24-16)31-8-10-4-19(10,21)22/h2-3,5-6,9-10,25H,4,7-8H2,1H3,(H,23,27)(H,26,28)(H,29,30)/t9-,10+/m0/s1. The molecular formula is C19H19ClF2N4O6. The first-order valence-electron chi connectivity index (χ1n) is 9.37. The molecule has 10 nitrogen and oxygen atoms in total. The van der Waals surface area contributed by atoms with Crippen molar-refractivity contribution in [3.8, 4) is 11.6 Å². The molecule has 1 fully saturated rings. The number of hydrogen-bond donors (Lipinski definition) is 4. The number of nitrogens with zero attached hydrogens (tertiary/aromatic N) is 1. The van der Waals surface area contributed by atoms with Crippen LogP contribution < -0.4 is 25.5 Å². The molecule has 13 heteroatoms. The molecule has 0 aromatic carbocycles. The van der Waals surface area contributed by atoms with E-state index in [-0.39, 0.29) is 47.7 Å². The lowest BCUT2D eigenvalue weighted by Gasteiger charge is -2.13. The van der Waals surface area contributed by atoms with Gasteiger partial charge in [0.05, 0.1) is 29.8 Å². The minimum atomic E-state index is -2.71. The lowest BCUT2D eigenvalue weighted by molar-refractivity contribution is 0.0855. The molecule has 4 N–H and O–H groups in total. The van der Waals surface area contributed by atoms with Gasteiger partial charge in [0.1, 0.15) is 23.7 Å². The summed E-state index contributed by atoms with van der Waals surface area (Å²) in [6, 6.07) is 1.84. The Kier molecular flexibility index (Phi) is 6.82. The van der Waals surface area contributed by atoms with Gasteiger partial charge in [-0.25, -0.2) is 18.6 Å². The van der Waals surface area contributed by atoms with Crippen molar-refractivity contribution in [2.75, 3.05) is 18.5 Å². The van der Waals surface area contributed by atoms with Crippen molar-refractivity contribution in [1.82, 2.24) is 15.3 Å². The maximum atomic E-state index is 12.9. The maximum absolute atomic E-state index is 12.9. The van der Waals surface area contributed by atoms with E-state index < -0.39 is 35.3 Å². The molecule has 2 atom stereocenters. The van der Waals surface area contributed by atoms with Crippen LogP contribution in [0, 0.1) is 5.92 Å². The number of anilines is 1. The molecule has 1 saturated carbocycles. The first-order valence-corrected chi connectivity index (χ1v) is 9.75. The number of amides is 2. The molecule has 0 saturated heterocycles. The molecule has 0 bridgehead atoms. The summed E-state index contributed by atoms with van der Waals surface area (Å²) in [6.07, 6.45) is 0.940. The van der Waals surface area contributed by atoms with E-state index in [1.54, 1.807) is 6.92 Å². The predicted molar refractivity (Wildman–Crippen MR) is 109 cm³/mol. The van der Waals surface area contributed by atoms with Gasteiger partial charge in [-0.15, -0.1) is 0 Å². The van der Waals surface area contributed by atoms with E-state index >= 15 is 0 Å². The molecular weight excluding hydrogens is 454 g/mol. The molecule has 1 aliphatic carbocycles. The van der Waals surface area contributed by atoms with Crippen molar-refractivity contribution in [2.45, 2.75) is 25.3 Å². The predicted octanol–water partition coefficient (Wildman–Crippen LogP) is 2.74. The Bertz CT molecular complexity index is 1080. The molecule has 3 rings (SSSR count). The summed E-state index contributed by atoms with van der Waals surface area (Å²) in [5, 5.41) is 13.1. The van der Waals surface area contributed by atoms with Crippen LogP contribution in [-0.4, -0.2) is 52.3 Å². The lowest BCUT2D eigenvalue weighted by atomic mass is 10.3. The Morgan fingerprint density at radius 1 is 1.41 bits per heavy atom. The van der Waals surface area contributed by atoms with Gasteiger partial charge >= 0.3 is 6.09 Å². The van der Waals surface area contributed by atoms with Gasteiger partial charge in [-0.2, -0.15) is 0 Å². The highest BCUT2D eigenvalue weighted by Crippen LogP contribution is 2.48. The molecule has 32 heavy (non-hydrogen) atoms. The number of aromatic amines is 1. The Morgan fingerprint density at radius 2 is 2.12 bits per heavy atom. The molecule has 2 aromatic heterocycles. The number of hydrogen-bond acceptors (Lipinski definition) is 6. The second-order valence-electron chi connectivity index (χ2n) is 7.17. The largest absolute Gasteiger partial charge is 0.491 e. The summed E-state index contributed by atoms with van der Waals surface area (Å²) in [5.41, 5.74) is -0.871. The van der Waals surface area contributed by atoms with Crippen LogP contribution in [0.25, 0.3) is 0 Å². The normalized spacial score (nSPS) is 17.2. The van der Waals surface area contributed by atoms with E-state index in [1.165, 1.54) is 18.5 Å². The summed E-state index contributed by atoms with van der Waals surface area (Å²) in [7, 11) is 0. The number of H-pyrrole nitrogens is 1. The number of halogens is 3. The number of carboxylic acid groups (broad SMARTS) is 1. The van der Waals surface area contributed by atoms with Crippen LogP contribution in [0.5, 0.6) is 11.6 Å². The van der Waals surface area contributed by atoms with Gasteiger partial charge in [-0.05, 0) is 6.92 Å². The zero-order valence-corrected chi connectivity index (χ0v) is 17.4. The molecule has 1 aliphatic rings. The van der Waals surface area contributed by atoms with E-state index in [9.17, 15) is 23.2 Å². The number of carbonyl (C=O) groups excluding carboxylic acids is 1. The van der Waals surface area contributed by atoms with Crippen LogP contribution in [0.3, 0.4) is 0 Å². The van der Waals surface area contributed by atoms with Crippen LogP contribution >= 0.6 is 11.6 Å². The van der Waals surface area contributed by atoms with Crippen molar-refractivity contribution in [3.05, 3.63) is 45.5 Å². The second-order valence-corrected chi connectivity index (χ2v) is 7.57. The van der Waals surface area contributed by atoms with Crippen molar-refractivity contribution < 1.29 is 33.0 Å². The summed E-state index contributed by atoms with van der Waals surface area (Å²) in [4.78, 5) is 41.7. The number of alkyl halides is 2. The third-order valence-electron chi connectivity index (χ3n) is 4.43. The summed E-state index contributed by atoms with van der Waals surface area (Å²) < 4.78 is 36.3. The molecule has 0 unspecified atom stereocenters. The summed E-state index contributed by atoms with van der Waals surface area (Å²) in [6.45, 7) is 1.36. The van der Waals surface area contributed by atoms with Gasteiger partial charge in [-0.1, -0.05) is 11.6 Å². The number of nitrogens with one attached hydrogen (secondary N) is 3. The van der Waals surface area contributed by atoms with Crippen molar-refractivity contribution >= 4 is 29.3 Å². The Balaban J connectivity index is 1.58. The Morgan fingerprint density at radius 3 is 2.72 bits per heavy atom. The van der Waals surface area contributed by atoms with E-state index in [2.05, 4.69) is 20.6 Å². The fourth-order valence-corrected chi connectivity index (χ4v) is 2.84. The topological polar surface area (TPSA) is 143 Å². The van der Waals surface area contributed by atoms with Crippen LogP contribution in [0.2, 0.25) is 5.02 Å². The lowest BCUT2D eigenvalue weighted by Crippen LogP contribution is -2.35. The zero-order chi connectivity index (χ0) is 23.5. The first kappa shape index (κ1) is 23.3. The van der Waals surface area contributed by atoms with Gasteiger partial charge in [0.2, 0.25) is 5.43 Å². The van der Waals surface area contributed by atoms with E-state index in [1.807, 2.05) is 0 Å². The molecule has 2 aromatic rings. The van der Waals surface area contributed by atoms with Crippen molar-refractivity contribution in [3.63, 3.8) is 0 Å². The van der Waals surface area contributed by atoms with Gasteiger partial charge in [0.25, 0.3) is 11.8 Å². The average Bonchev–Trinajstić information content (AvgIpc) is 3.32. The third kappa shape index (κ3) is 6.06. The minimum Gasteiger partial charge on any atom is -0.491 e. The van der Waals surface area contributed by atoms with Crippen molar-refractivity contribution in [2.24, 2.45) is 5.92 Å². The highest BCUT2D eigenvalue weighted by molar-refractivity contribution is 6.34. The van der Waals surface area contributed by atoms with Gasteiger partial charge in [0.15, 0.2) is 5.88 Å². The maximum Gasteiger partial charge on any atom is 0.404 e. The SMILES string of the molecule is C[C@@H](COc1cc(=O)c(NC(=O)c2ncc(OC[C@H]3CC3(F)F)cc2Cl)c[nH]1)NC(=O)O. The van der Waals surface area contributed by atoms with E-state index in [0.717, 1.165) is 6.07 Å². The fraction of sp³-hybridized carbons (Fsp3) is 0.368. The second kappa shape index (κ2) is 9.39. The van der Waals surface area contributed by atoms with Crippen LogP contribution in [-0.2, 0) is 0 Å². The molecule has 0 radical (unpaired) electrons. The number of carbonyl (C=O) groups is 2. The van der Waals surface area contributed by atoms with E-state index in [4.69, 9.17) is 26.2 Å². The number of rotatable bonds is 9. The smallest absolute Gasteiger partial charge is 0.404 e. The molecule has 172 valence electrons. The molecule has 0 spiro atoms. The third-order valence-corrected chi connectivity index (χ3v) is 4.72. The first-order chi connectivity index (χ1) is 15.0. The van der Waals surface area contributed by atoms with Crippen molar-refractivity contribution in [1.29, 1.82) is 0 Å². The highest BCUT2D eigenvalue weighted by Gasteiger charge is 2.57. The van der Waals surface area contributed by atoms with Crippen LogP contribution in [0.15, 0.2) is 29.3 Å². The Hall–Kier alpha value is -3.41. The fourth-order valence-electron chi connectivity index (χ4n) is 2.60. The van der Waals surface area contributed by atoms with E-state index in [0.29, 0.717) is 0 Å².